The maximum atomic E-state index is 12.4. The molecule has 0 aromatic heterocycles. The highest BCUT2D eigenvalue weighted by Gasteiger charge is 2.19. The number of carbonyl (C=O) groups excluding carboxylic acids is 2. The van der Waals surface area contributed by atoms with Crippen LogP contribution in [0.3, 0.4) is 0 Å². The third-order valence-corrected chi connectivity index (χ3v) is 3.62. The Bertz CT molecular complexity index is 759. The summed E-state index contributed by atoms with van der Waals surface area (Å²) in [6, 6.07) is 9.72. The van der Waals surface area contributed by atoms with E-state index in [4.69, 9.17) is 9.53 Å². The highest BCUT2D eigenvalue weighted by Crippen LogP contribution is 2.20. The van der Waals surface area contributed by atoms with Crippen molar-refractivity contribution in [3.05, 3.63) is 72.0 Å². The Morgan fingerprint density at radius 2 is 1.65 bits per heavy atom. The third-order valence-electron chi connectivity index (χ3n) is 3.62. The molecule has 1 N–H and O–H groups in total. The summed E-state index contributed by atoms with van der Waals surface area (Å²) in [5, 5.41) is 2.75. The van der Waals surface area contributed by atoms with E-state index < -0.39 is 5.92 Å². The van der Waals surface area contributed by atoms with Crippen LogP contribution in [0, 0.1) is 0 Å². The number of allylic oxidation sites excluding steroid dienone is 5. The van der Waals surface area contributed by atoms with Crippen LogP contribution in [-0.4, -0.2) is 45.5 Å². The van der Waals surface area contributed by atoms with Crippen LogP contribution in [0.5, 0.6) is 0 Å². The maximum Gasteiger partial charge on any atom is 0.245 e. The lowest BCUT2D eigenvalue weighted by Crippen LogP contribution is -2.09. The Balaban J connectivity index is -0.000000148. The number of aliphatic imine (C=N–C) groups is 1. The molecule has 214 valence electrons. The van der Waals surface area contributed by atoms with Crippen LogP contribution in [0.25, 0.3) is 0 Å². The molecular weight excluding hydrogens is 474 g/mol. The molecule has 0 aliphatic heterocycles. The van der Waals surface area contributed by atoms with Crippen LogP contribution in [-0.2, 0) is 20.7 Å². The predicted molar refractivity (Wildman–Crippen MR) is 158 cm³/mol. The van der Waals surface area contributed by atoms with Crippen molar-refractivity contribution in [1.29, 1.82) is 0 Å². The summed E-state index contributed by atoms with van der Waals surface area (Å²) in [6.45, 7) is 12.6. The van der Waals surface area contributed by atoms with E-state index in [1.807, 2.05) is 89.4 Å². The van der Waals surface area contributed by atoms with Crippen molar-refractivity contribution in [2.45, 2.75) is 79.6 Å². The zero-order valence-electron chi connectivity index (χ0n) is 24.4. The third kappa shape index (κ3) is 40.5. The number of nitrogens with one attached hydrogen (secondary N) is 1. The van der Waals surface area contributed by atoms with E-state index >= 15 is 0 Å². The number of Topliss-reactive ketones (excluding diaryl/α,β-unsaturated/α-hetero) is 1. The largest absolute Gasteiger partial charge is 0.450 e. The second kappa shape index (κ2) is 31.1. The summed E-state index contributed by atoms with van der Waals surface area (Å²) in [5.74, 6) is -2.04. The Hall–Kier alpha value is -2.93. The summed E-state index contributed by atoms with van der Waals surface area (Å²) in [6.07, 6.45) is 12.1. The second-order valence-electron chi connectivity index (χ2n) is 7.98. The van der Waals surface area contributed by atoms with E-state index in [2.05, 4.69) is 24.2 Å². The van der Waals surface area contributed by atoms with Crippen LogP contribution in [0.2, 0.25) is 0 Å². The lowest BCUT2D eigenvalue weighted by Gasteiger charge is -2.08. The number of ketones is 1. The number of hydrogen-bond donors (Lipinski definition) is 1. The molecule has 0 spiro atoms. The van der Waals surface area contributed by atoms with E-state index in [1.54, 1.807) is 13.3 Å². The number of halogens is 2. The number of rotatable bonds is 9. The Morgan fingerprint density at radius 1 is 1.14 bits per heavy atom. The van der Waals surface area contributed by atoms with Gasteiger partial charge in [-0.25, -0.2) is 8.78 Å². The number of aryl methyl sites for hydroxylation is 1. The number of nitrogens with zero attached hydrogens (tertiary/aromatic N) is 1. The highest BCUT2D eigenvalue weighted by molar-refractivity contribution is 5.97. The average Bonchev–Trinajstić information content (AvgIpc) is 2.84. The quantitative estimate of drug-likeness (QED) is 0.153. The number of ether oxygens (including phenoxy) is 1. The molecule has 0 aliphatic carbocycles. The molecule has 7 heteroatoms. The van der Waals surface area contributed by atoms with Crippen LogP contribution in [0.1, 0.15) is 74.2 Å². The zero-order valence-corrected chi connectivity index (χ0v) is 24.4. The second-order valence-corrected chi connectivity index (χ2v) is 7.98. The number of hydrogen-bond acceptors (Lipinski definition) is 5. The number of carbonyl (C=O) groups is 2. The van der Waals surface area contributed by atoms with Gasteiger partial charge in [0.1, 0.15) is 12.6 Å². The summed E-state index contributed by atoms with van der Waals surface area (Å²) < 4.78 is 30.1. The maximum absolute atomic E-state index is 12.4. The minimum Gasteiger partial charge on any atom is -0.450 e. The average molecular weight is 527 g/mol. The fourth-order valence-electron chi connectivity index (χ4n) is 2.15. The molecule has 0 saturated heterocycles. The molecular formula is C30H52F2N2O3. The van der Waals surface area contributed by atoms with Gasteiger partial charge in [-0.05, 0) is 65.8 Å². The van der Waals surface area contributed by atoms with Gasteiger partial charge in [-0.1, -0.05) is 74.9 Å². The topological polar surface area (TPSA) is 67.8 Å². The first-order chi connectivity index (χ1) is 17.5. The summed E-state index contributed by atoms with van der Waals surface area (Å²) >= 11 is 0. The van der Waals surface area contributed by atoms with E-state index in [9.17, 15) is 13.6 Å². The van der Waals surface area contributed by atoms with Gasteiger partial charge in [0.25, 0.3) is 0 Å². The fraction of sp³-hybridized carbons (Fsp3) is 0.500. The molecule has 0 saturated carbocycles. The van der Waals surface area contributed by atoms with Gasteiger partial charge in [-0.15, -0.1) is 0 Å². The van der Waals surface area contributed by atoms with E-state index in [1.165, 1.54) is 13.3 Å². The van der Waals surface area contributed by atoms with Crippen molar-refractivity contribution in [2.24, 2.45) is 4.99 Å². The molecule has 0 unspecified atom stereocenters. The van der Waals surface area contributed by atoms with Gasteiger partial charge >= 0.3 is 0 Å². The summed E-state index contributed by atoms with van der Waals surface area (Å²) in [5.41, 5.74) is 2.09. The van der Waals surface area contributed by atoms with Crippen molar-refractivity contribution < 1.29 is 24.5 Å². The van der Waals surface area contributed by atoms with Gasteiger partial charge in [0.2, 0.25) is 5.92 Å². The van der Waals surface area contributed by atoms with Gasteiger partial charge in [0.05, 0.1) is 12.7 Å². The smallest absolute Gasteiger partial charge is 0.245 e. The van der Waals surface area contributed by atoms with Crippen LogP contribution >= 0.6 is 0 Å². The highest BCUT2D eigenvalue weighted by atomic mass is 19.3. The minimum atomic E-state index is -2.52. The Labute approximate surface area is 226 Å². The standard InChI is InChI=1S/C13H19NO2.C11H14F2.C3H8.C2H7N.CH2O.H2/c1-5-6-7-8-11(2)10-16-13(14-4)9-12(3)15;1-11(12,13)9-5-8-10-6-3-2-4-7-10;2*1-3-2;1-2;/h5-8,10H,9H2,1-4H3;2-4,6-7H,5,8-9H2,1H3;3H2,1-2H3;3H,1-2H3;1H2;1H/b6-5-,8-7-,11-10+,14-13?;;;;;. The Morgan fingerprint density at radius 3 is 2.05 bits per heavy atom. The molecule has 0 radical (unpaired) electrons. The predicted octanol–water partition coefficient (Wildman–Crippen LogP) is 8.02. The van der Waals surface area contributed by atoms with Gasteiger partial charge in [0.15, 0.2) is 5.90 Å². The van der Waals surface area contributed by atoms with Crippen LogP contribution in [0.4, 0.5) is 8.78 Å². The van der Waals surface area contributed by atoms with Crippen molar-refractivity contribution in [1.82, 2.24) is 5.32 Å². The van der Waals surface area contributed by atoms with E-state index in [-0.39, 0.29) is 20.1 Å². The van der Waals surface area contributed by atoms with Crippen molar-refractivity contribution >= 4 is 18.5 Å². The molecule has 1 aromatic carbocycles. The number of alkyl halides is 2. The fourth-order valence-corrected chi connectivity index (χ4v) is 2.15. The zero-order chi connectivity index (χ0) is 29.5. The molecule has 0 amide bonds. The summed E-state index contributed by atoms with van der Waals surface area (Å²) in [4.78, 5) is 22.8. The lowest BCUT2D eigenvalue weighted by atomic mass is 10.1. The molecule has 0 bridgehead atoms. The van der Waals surface area contributed by atoms with Gasteiger partial charge in [-0.2, -0.15) is 0 Å². The first-order valence-electron chi connectivity index (χ1n) is 12.4. The molecule has 5 nitrogen and oxygen atoms in total. The normalized spacial score (nSPS) is 11.1. The first-order valence-corrected chi connectivity index (χ1v) is 12.4. The first kappa shape index (κ1) is 41.2. The molecule has 1 aromatic rings. The van der Waals surface area contributed by atoms with E-state index in [0.717, 1.165) is 24.5 Å². The Kier molecular flexibility index (Phi) is 34.6. The van der Waals surface area contributed by atoms with Crippen molar-refractivity contribution in [3.63, 3.8) is 0 Å². The van der Waals surface area contributed by atoms with Crippen molar-refractivity contribution in [3.8, 4) is 0 Å². The molecule has 0 fully saturated rings. The van der Waals surface area contributed by atoms with Crippen molar-refractivity contribution in [2.75, 3.05) is 21.1 Å². The minimum absolute atomic E-state index is 0. The SMILES string of the molecule is C=O.CC(F)(F)CCCc1ccccc1.CCC.CNC.C\C=C/C=C\C(C)=C\OC(CC(C)=O)=NC.[HH]. The molecule has 0 aliphatic rings. The summed E-state index contributed by atoms with van der Waals surface area (Å²) in [7, 11) is 5.36. The molecule has 37 heavy (non-hydrogen) atoms. The van der Waals surface area contributed by atoms with E-state index in [0.29, 0.717) is 12.3 Å². The molecule has 0 heterocycles. The number of benzene rings is 1. The monoisotopic (exact) mass is 526 g/mol. The van der Waals surface area contributed by atoms with Gasteiger partial charge in [-0.3, -0.25) is 9.79 Å². The van der Waals surface area contributed by atoms with Crippen LogP contribution in [0.15, 0.2) is 71.5 Å². The van der Waals surface area contributed by atoms with Gasteiger partial charge < -0.3 is 14.8 Å². The van der Waals surface area contributed by atoms with Crippen LogP contribution < -0.4 is 5.32 Å². The lowest BCUT2D eigenvalue weighted by molar-refractivity contribution is -0.116. The molecule has 1 rings (SSSR count). The molecule has 0 atom stereocenters. The van der Waals surface area contributed by atoms with Gasteiger partial charge in [0, 0.05) is 14.9 Å².